The largest absolute Gasteiger partial charge is 0.353 e. The van der Waals surface area contributed by atoms with Crippen molar-refractivity contribution in [1.29, 1.82) is 0 Å². The Morgan fingerprint density at radius 2 is 1.93 bits per heavy atom. The molecular weight excluding hydrogens is 188 g/mol. The normalized spacial score (nSPS) is 26.6. The maximum absolute atomic E-state index is 11.5. The average molecular weight is 202 g/mol. The number of hydrogen-bond acceptors (Lipinski definition) is 4. The third-order valence-electron chi connectivity index (χ3n) is 2.36. The zero-order valence-corrected chi connectivity index (χ0v) is 8.42. The summed E-state index contributed by atoms with van der Waals surface area (Å²) in [7, 11) is 2.84. The van der Waals surface area contributed by atoms with Crippen LogP contribution in [0.25, 0.3) is 0 Å². The summed E-state index contributed by atoms with van der Waals surface area (Å²) in [5.74, 6) is -0.418. The van der Waals surface area contributed by atoms with Gasteiger partial charge in [-0.1, -0.05) is 6.92 Å². The molecule has 0 spiro atoms. The fourth-order valence-electron chi connectivity index (χ4n) is 1.59. The number of carbonyl (C=O) groups excluding carboxylic acids is 2. The highest BCUT2D eigenvalue weighted by molar-refractivity contribution is 6.07. The molecule has 0 aromatic rings. The second kappa shape index (κ2) is 3.93. The lowest BCUT2D eigenvalue weighted by atomic mass is 9.95. The van der Waals surface area contributed by atoms with E-state index < -0.39 is 23.8 Å². The van der Waals surface area contributed by atoms with E-state index in [1.54, 1.807) is 6.92 Å². The molecule has 1 atom stereocenters. The van der Waals surface area contributed by atoms with E-state index in [-0.39, 0.29) is 0 Å². The molecule has 1 aliphatic heterocycles. The molecule has 0 aliphatic carbocycles. The summed E-state index contributed by atoms with van der Waals surface area (Å²) in [4.78, 5) is 22.6. The summed E-state index contributed by atoms with van der Waals surface area (Å²) in [5.41, 5.74) is -1.11. The Bertz CT molecular complexity index is 252. The number of amides is 3. The van der Waals surface area contributed by atoms with Crippen LogP contribution in [0.15, 0.2) is 0 Å². The summed E-state index contributed by atoms with van der Waals surface area (Å²) in [5, 5.41) is 4.68. The first kappa shape index (κ1) is 10.9. The molecule has 0 aromatic carbocycles. The Labute approximate surface area is 81.9 Å². The maximum atomic E-state index is 11.5. The predicted molar refractivity (Wildman–Crippen MR) is 47.5 cm³/mol. The molecule has 6 nitrogen and oxygen atoms in total. The third kappa shape index (κ3) is 1.46. The van der Waals surface area contributed by atoms with Gasteiger partial charge in [-0.25, -0.2) is 4.79 Å². The van der Waals surface area contributed by atoms with Crippen LogP contribution in [0, 0.1) is 0 Å². The molecule has 0 saturated carbocycles. The zero-order chi connectivity index (χ0) is 10.8. The van der Waals surface area contributed by atoms with E-state index in [1.165, 1.54) is 14.2 Å². The number of carbonyl (C=O) groups is 2. The summed E-state index contributed by atoms with van der Waals surface area (Å²) < 4.78 is 10.00. The standard InChI is InChI=1S/C8H14N2O4/c1-4-8(6(13-2)14-3)5(11)9-7(12)10-8/h6H,4H2,1-3H3,(H2,9,10,11,12)/t8-/m0/s1. The van der Waals surface area contributed by atoms with Crippen molar-refractivity contribution in [3.8, 4) is 0 Å². The molecule has 1 fully saturated rings. The van der Waals surface area contributed by atoms with Crippen LogP contribution in [0.3, 0.4) is 0 Å². The second-order valence-corrected chi connectivity index (χ2v) is 3.04. The predicted octanol–water partition coefficient (Wildman–Crippen LogP) is -0.406. The summed E-state index contributed by atoms with van der Waals surface area (Å²) >= 11 is 0. The number of urea groups is 1. The third-order valence-corrected chi connectivity index (χ3v) is 2.36. The van der Waals surface area contributed by atoms with E-state index in [4.69, 9.17) is 9.47 Å². The highest BCUT2D eigenvalue weighted by Crippen LogP contribution is 2.22. The topological polar surface area (TPSA) is 76.7 Å². The van der Waals surface area contributed by atoms with Crippen LogP contribution in [0.2, 0.25) is 0 Å². The first-order valence-corrected chi connectivity index (χ1v) is 4.30. The molecule has 14 heavy (non-hydrogen) atoms. The molecule has 6 heteroatoms. The van der Waals surface area contributed by atoms with E-state index >= 15 is 0 Å². The van der Waals surface area contributed by atoms with Gasteiger partial charge < -0.3 is 14.8 Å². The number of ether oxygens (including phenoxy) is 2. The molecule has 0 bridgehead atoms. The van der Waals surface area contributed by atoms with Crippen LogP contribution >= 0.6 is 0 Å². The van der Waals surface area contributed by atoms with Gasteiger partial charge in [0.2, 0.25) is 0 Å². The second-order valence-electron chi connectivity index (χ2n) is 3.04. The minimum atomic E-state index is -1.11. The van der Waals surface area contributed by atoms with Gasteiger partial charge in [0.15, 0.2) is 11.8 Å². The molecule has 1 aliphatic rings. The molecule has 1 saturated heterocycles. The van der Waals surface area contributed by atoms with E-state index in [0.717, 1.165) is 0 Å². The molecule has 80 valence electrons. The van der Waals surface area contributed by atoms with Crippen molar-refractivity contribution >= 4 is 11.9 Å². The lowest BCUT2D eigenvalue weighted by molar-refractivity contribution is -0.164. The van der Waals surface area contributed by atoms with Gasteiger partial charge in [0, 0.05) is 14.2 Å². The lowest BCUT2D eigenvalue weighted by Gasteiger charge is -2.31. The number of imide groups is 1. The van der Waals surface area contributed by atoms with E-state index in [1.807, 2.05) is 0 Å². The van der Waals surface area contributed by atoms with Crippen molar-refractivity contribution < 1.29 is 19.1 Å². The smallest absolute Gasteiger partial charge is 0.322 e. The van der Waals surface area contributed by atoms with Crippen molar-refractivity contribution in [3.63, 3.8) is 0 Å². The van der Waals surface area contributed by atoms with Gasteiger partial charge in [0.25, 0.3) is 5.91 Å². The Morgan fingerprint density at radius 3 is 2.21 bits per heavy atom. The van der Waals surface area contributed by atoms with Gasteiger partial charge in [-0.15, -0.1) is 0 Å². The van der Waals surface area contributed by atoms with Crippen LogP contribution in [-0.4, -0.2) is 38.0 Å². The minimum absolute atomic E-state index is 0.400. The van der Waals surface area contributed by atoms with Crippen LogP contribution in [-0.2, 0) is 14.3 Å². The first-order valence-electron chi connectivity index (χ1n) is 4.30. The van der Waals surface area contributed by atoms with Crippen molar-refractivity contribution in [2.75, 3.05) is 14.2 Å². The highest BCUT2D eigenvalue weighted by Gasteiger charge is 2.51. The van der Waals surface area contributed by atoms with Crippen LogP contribution in [0.1, 0.15) is 13.3 Å². The summed E-state index contributed by atoms with van der Waals surface area (Å²) in [6.45, 7) is 1.77. The van der Waals surface area contributed by atoms with Crippen LogP contribution in [0.5, 0.6) is 0 Å². The van der Waals surface area contributed by atoms with Gasteiger partial charge in [-0.05, 0) is 6.42 Å². The Balaban J connectivity index is 2.95. The number of rotatable bonds is 4. The Kier molecular flexibility index (Phi) is 3.07. The fourth-order valence-corrected chi connectivity index (χ4v) is 1.59. The Hall–Kier alpha value is -1.14. The van der Waals surface area contributed by atoms with Crippen molar-refractivity contribution in [2.45, 2.75) is 25.2 Å². The van der Waals surface area contributed by atoms with Gasteiger partial charge >= 0.3 is 6.03 Å². The monoisotopic (exact) mass is 202 g/mol. The Morgan fingerprint density at radius 1 is 1.36 bits per heavy atom. The molecule has 3 amide bonds. The number of hydrogen-bond donors (Lipinski definition) is 2. The van der Waals surface area contributed by atoms with Gasteiger partial charge in [-0.2, -0.15) is 0 Å². The fraction of sp³-hybridized carbons (Fsp3) is 0.750. The molecule has 1 rings (SSSR count). The number of methoxy groups -OCH3 is 2. The SMILES string of the molecule is CC[C@]1(C(OC)OC)NC(=O)NC1=O. The quantitative estimate of drug-likeness (QED) is 0.480. The molecule has 0 radical (unpaired) electrons. The highest BCUT2D eigenvalue weighted by atomic mass is 16.7. The molecule has 2 N–H and O–H groups in total. The maximum Gasteiger partial charge on any atom is 0.322 e. The van der Waals surface area contributed by atoms with E-state index in [0.29, 0.717) is 6.42 Å². The first-order chi connectivity index (χ1) is 6.60. The van der Waals surface area contributed by atoms with Crippen molar-refractivity contribution in [3.05, 3.63) is 0 Å². The molecular formula is C8H14N2O4. The average Bonchev–Trinajstić information content (AvgIpc) is 2.44. The number of nitrogens with one attached hydrogen (secondary N) is 2. The van der Waals surface area contributed by atoms with Crippen LogP contribution < -0.4 is 10.6 Å². The van der Waals surface area contributed by atoms with Gasteiger partial charge in [0.05, 0.1) is 0 Å². The van der Waals surface area contributed by atoms with Gasteiger partial charge in [-0.3, -0.25) is 10.1 Å². The van der Waals surface area contributed by atoms with Gasteiger partial charge in [0.1, 0.15) is 0 Å². The zero-order valence-electron chi connectivity index (χ0n) is 8.42. The minimum Gasteiger partial charge on any atom is -0.353 e. The van der Waals surface area contributed by atoms with E-state index in [9.17, 15) is 9.59 Å². The summed E-state index contributed by atoms with van der Waals surface area (Å²) in [6.07, 6.45) is -0.379. The van der Waals surface area contributed by atoms with Crippen molar-refractivity contribution in [2.24, 2.45) is 0 Å². The van der Waals surface area contributed by atoms with E-state index in [2.05, 4.69) is 10.6 Å². The lowest BCUT2D eigenvalue weighted by Crippen LogP contribution is -2.57. The van der Waals surface area contributed by atoms with Crippen LogP contribution in [0.4, 0.5) is 4.79 Å². The summed E-state index contributed by atoms with van der Waals surface area (Å²) in [6, 6.07) is -0.518. The molecule has 0 aromatic heterocycles. The van der Waals surface area contributed by atoms with Crippen molar-refractivity contribution in [1.82, 2.24) is 10.6 Å². The molecule has 0 unspecified atom stereocenters. The molecule has 1 heterocycles.